The molecule has 33 heavy (non-hydrogen) atoms. The fourth-order valence-electron chi connectivity index (χ4n) is 4.21. The van der Waals surface area contributed by atoms with E-state index in [9.17, 15) is 9.59 Å². The molecule has 5 rings (SSSR count). The number of thioether (sulfide) groups is 1. The Bertz CT molecular complexity index is 1200. The summed E-state index contributed by atoms with van der Waals surface area (Å²) >= 11 is 3.03. The molecule has 1 unspecified atom stereocenters. The van der Waals surface area contributed by atoms with E-state index in [2.05, 4.69) is 28.7 Å². The van der Waals surface area contributed by atoms with Crippen molar-refractivity contribution >= 4 is 40.6 Å². The number of rotatable bonds is 6. The standard InChI is InChI=1S/C24H23N3O4S2/c1-2-18-16-8-11-32-21(16)7-10-27(18)24(29)17-4-3-9-25-23(17)33-13-22(28)26-15-5-6-19-20(12-15)31-14-30-19/h3-6,8-9,11-12,18H,2,7,10,13-14H2,1H3,(H,26,28). The summed E-state index contributed by atoms with van der Waals surface area (Å²) in [5.74, 6) is 1.19. The fraction of sp³-hybridized carbons (Fsp3) is 0.292. The van der Waals surface area contributed by atoms with Crippen LogP contribution in [0.2, 0.25) is 0 Å². The summed E-state index contributed by atoms with van der Waals surface area (Å²) < 4.78 is 10.7. The molecule has 1 atom stereocenters. The minimum Gasteiger partial charge on any atom is -0.454 e. The van der Waals surface area contributed by atoms with E-state index < -0.39 is 0 Å². The van der Waals surface area contributed by atoms with E-state index in [0.717, 1.165) is 12.8 Å². The molecule has 0 bridgehead atoms. The first-order chi connectivity index (χ1) is 16.1. The van der Waals surface area contributed by atoms with Crippen molar-refractivity contribution in [1.29, 1.82) is 0 Å². The average molecular weight is 482 g/mol. The zero-order chi connectivity index (χ0) is 22.8. The van der Waals surface area contributed by atoms with Crippen LogP contribution in [0.3, 0.4) is 0 Å². The SMILES string of the molecule is CCC1c2ccsc2CCN1C(=O)c1cccnc1SCC(=O)Nc1ccc2c(c1)OCO2. The van der Waals surface area contributed by atoms with E-state index in [1.165, 1.54) is 22.2 Å². The van der Waals surface area contributed by atoms with Gasteiger partial charge in [0.2, 0.25) is 12.7 Å². The van der Waals surface area contributed by atoms with Crippen molar-refractivity contribution in [3.05, 3.63) is 64.0 Å². The van der Waals surface area contributed by atoms with Crippen molar-refractivity contribution in [1.82, 2.24) is 9.88 Å². The van der Waals surface area contributed by atoms with Gasteiger partial charge in [-0.25, -0.2) is 4.98 Å². The van der Waals surface area contributed by atoms with E-state index in [4.69, 9.17) is 9.47 Å². The van der Waals surface area contributed by atoms with Crippen molar-refractivity contribution in [2.45, 2.75) is 30.8 Å². The summed E-state index contributed by atoms with van der Waals surface area (Å²) in [6.07, 6.45) is 3.38. The quantitative estimate of drug-likeness (QED) is 0.512. The number of amides is 2. The predicted octanol–water partition coefficient (Wildman–Crippen LogP) is 4.75. The van der Waals surface area contributed by atoms with Crippen LogP contribution in [-0.4, -0.2) is 40.8 Å². The summed E-state index contributed by atoms with van der Waals surface area (Å²) in [4.78, 5) is 33.8. The molecule has 9 heteroatoms. The number of thiophene rings is 1. The van der Waals surface area contributed by atoms with Gasteiger partial charge in [0.25, 0.3) is 5.91 Å². The zero-order valence-corrected chi connectivity index (χ0v) is 19.7. The smallest absolute Gasteiger partial charge is 0.257 e. The Morgan fingerprint density at radius 1 is 1.24 bits per heavy atom. The van der Waals surface area contributed by atoms with Gasteiger partial charge in [-0.2, -0.15) is 0 Å². The second kappa shape index (κ2) is 9.44. The van der Waals surface area contributed by atoms with E-state index >= 15 is 0 Å². The van der Waals surface area contributed by atoms with Crippen LogP contribution in [0.25, 0.3) is 0 Å². The molecule has 2 aliphatic rings. The highest BCUT2D eigenvalue weighted by atomic mass is 32.2. The first-order valence-corrected chi connectivity index (χ1v) is 12.6. The number of nitrogens with one attached hydrogen (secondary N) is 1. The van der Waals surface area contributed by atoms with Gasteiger partial charge in [0.05, 0.1) is 17.4 Å². The van der Waals surface area contributed by atoms with Gasteiger partial charge in [-0.05, 0) is 54.1 Å². The van der Waals surface area contributed by atoms with E-state index in [1.807, 2.05) is 4.90 Å². The van der Waals surface area contributed by atoms with Crippen molar-refractivity contribution in [3.63, 3.8) is 0 Å². The lowest BCUT2D eigenvalue weighted by Gasteiger charge is -2.35. The van der Waals surface area contributed by atoms with Crippen molar-refractivity contribution in [2.24, 2.45) is 0 Å². The number of ether oxygens (including phenoxy) is 2. The van der Waals surface area contributed by atoms with Gasteiger partial charge in [-0.1, -0.05) is 18.7 Å². The minimum absolute atomic E-state index is 0.0366. The average Bonchev–Trinajstić information content (AvgIpc) is 3.51. The van der Waals surface area contributed by atoms with Gasteiger partial charge in [0, 0.05) is 29.4 Å². The van der Waals surface area contributed by atoms with Crippen LogP contribution >= 0.6 is 23.1 Å². The third-order valence-electron chi connectivity index (χ3n) is 5.74. The Morgan fingerprint density at radius 3 is 3.00 bits per heavy atom. The van der Waals surface area contributed by atoms with Crippen LogP contribution in [0.5, 0.6) is 11.5 Å². The molecular weight excluding hydrogens is 458 g/mol. The Morgan fingerprint density at radius 2 is 2.12 bits per heavy atom. The van der Waals surface area contributed by atoms with Crippen LogP contribution < -0.4 is 14.8 Å². The maximum absolute atomic E-state index is 13.5. The van der Waals surface area contributed by atoms with Crippen LogP contribution in [0.4, 0.5) is 5.69 Å². The summed E-state index contributed by atoms with van der Waals surface area (Å²) in [7, 11) is 0. The predicted molar refractivity (Wildman–Crippen MR) is 128 cm³/mol. The second-order valence-corrected chi connectivity index (χ2v) is 9.70. The van der Waals surface area contributed by atoms with Crippen LogP contribution in [-0.2, 0) is 11.2 Å². The molecule has 170 valence electrons. The Labute approximate surface area is 200 Å². The van der Waals surface area contributed by atoms with Crippen LogP contribution in [0.1, 0.15) is 40.2 Å². The molecule has 1 N–H and O–H groups in total. The van der Waals surface area contributed by atoms with E-state index in [0.29, 0.717) is 34.3 Å². The maximum Gasteiger partial charge on any atom is 0.257 e. The maximum atomic E-state index is 13.5. The zero-order valence-electron chi connectivity index (χ0n) is 18.1. The Kier molecular flexibility index (Phi) is 6.24. The number of benzene rings is 1. The molecule has 0 aliphatic carbocycles. The first-order valence-electron chi connectivity index (χ1n) is 10.8. The van der Waals surface area contributed by atoms with Crippen LogP contribution in [0.15, 0.2) is 53.0 Å². The van der Waals surface area contributed by atoms with Gasteiger partial charge < -0.3 is 19.7 Å². The summed E-state index contributed by atoms with van der Waals surface area (Å²) in [6, 6.07) is 11.0. The second-order valence-electron chi connectivity index (χ2n) is 7.73. The van der Waals surface area contributed by atoms with Crippen molar-refractivity contribution < 1.29 is 19.1 Å². The molecule has 0 radical (unpaired) electrons. The monoisotopic (exact) mass is 481 g/mol. The summed E-state index contributed by atoms with van der Waals surface area (Å²) in [5, 5.41) is 5.53. The van der Waals surface area contributed by atoms with Crippen molar-refractivity contribution in [3.8, 4) is 11.5 Å². The van der Waals surface area contributed by atoms with E-state index in [1.54, 1.807) is 47.9 Å². The molecule has 1 aromatic carbocycles. The number of pyridine rings is 1. The Hall–Kier alpha value is -3.04. The number of anilines is 1. The van der Waals surface area contributed by atoms with Gasteiger partial charge >= 0.3 is 0 Å². The number of hydrogen-bond acceptors (Lipinski definition) is 7. The molecule has 0 saturated heterocycles. The lowest BCUT2D eigenvalue weighted by atomic mass is 9.97. The summed E-state index contributed by atoms with van der Waals surface area (Å²) in [5.41, 5.74) is 2.42. The van der Waals surface area contributed by atoms with Gasteiger partial charge in [0.15, 0.2) is 11.5 Å². The third-order valence-corrected chi connectivity index (χ3v) is 7.74. The highest BCUT2D eigenvalue weighted by molar-refractivity contribution is 8.00. The Balaban J connectivity index is 1.27. The molecule has 2 amide bonds. The third kappa shape index (κ3) is 4.43. The number of hydrogen-bond donors (Lipinski definition) is 1. The number of carbonyl (C=O) groups excluding carboxylic acids is 2. The number of aromatic nitrogens is 1. The molecule has 7 nitrogen and oxygen atoms in total. The molecule has 2 aromatic heterocycles. The molecule has 0 saturated carbocycles. The van der Waals surface area contributed by atoms with Crippen LogP contribution in [0, 0.1) is 0 Å². The van der Waals surface area contributed by atoms with Gasteiger partial charge in [-0.15, -0.1) is 11.3 Å². The topological polar surface area (TPSA) is 80.8 Å². The van der Waals surface area contributed by atoms with Gasteiger partial charge in [0.1, 0.15) is 5.03 Å². The van der Waals surface area contributed by atoms with Crippen molar-refractivity contribution in [2.75, 3.05) is 24.4 Å². The highest BCUT2D eigenvalue weighted by Gasteiger charge is 2.32. The molecule has 3 aromatic rings. The lowest BCUT2D eigenvalue weighted by molar-refractivity contribution is -0.113. The number of fused-ring (bicyclic) bond motifs is 2. The first kappa shape index (κ1) is 21.8. The lowest BCUT2D eigenvalue weighted by Crippen LogP contribution is -2.39. The van der Waals surface area contributed by atoms with E-state index in [-0.39, 0.29) is 30.4 Å². The number of carbonyl (C=O) groups is 2. The largest absolute Gasteiger partial charge is 0.454 e. The highest BCUT2D eigenvalue weighted by Crippen LogP contribution is 2.37. The summed E-state index contributed by atoms with van der Waals surface area (Å²) in [6.45, 7) is 2.98. The normalized spacial score (nSPS) is 16.4. The fourth-order valence-corrected chi connectivity index (χ4v) is 5.92. The molecular formula is C24H23N3O4S2. The molecule has 2 aliphatic heterocycles. The number of nitrogens with zero attached hydrogens (tertiary/aromatic N) is 2. The van der Waals surface area contributed by atoms with Gasteiger partial charge in [-0.3, -0.25) is 9.59 Å². The molecule has 0 fully saturated rings. The minimum atomic E-state index is -0.185. The molecule has 4 heterocycles. The molecule has 0 spiro atoms.